The molecule has 1 rings (SSSR count). The fourth-order valence-electron chi connectivity index (χ4n) is 1.52. The molecule has 0 heterocycles. The van der Waals surface area contributed by atoms with Gasteiger partial charge < -0.3 is 11.1 Å². The first-order valence-corrected chi connectivity index (χ1v) is 5.76. The number of halogens is 1. The second-order valence-electron chi connectivity index (χ2n) is 4.44. The maximum atomic E-state index is 12.7. The van der Waals surface area contributed by atoms with Crippen LogP contribution in [0.15, 0.2) is 24.3 Å². The van der Waals surface area contributed by atoms with Gasteiger partial charge in [0.1, 0.15) is 5.82 Å². The summed E-state index contributed by atoms with van der Waals surface area (Å²) in [5.41, 5.74) is 6.24. The summed E-state index contributed by atoms with van der Waals surface area (Å²) in [6, 6.07) is 6.67. The molecule has 1 aromatic carbocycles. The molecular formula is C13H19FN2O. The lowest BCUT2D eigenvalue weighted by Gasteiger charge is -2.16. The molecule has 0 saturated heterocycles. The predicted octanol–water partition coefficient (Wildman–Crippen LogP) is 1.47. The Kier molecular flexibility index (Phi) is 5.10. The molecule has 0 aliphatic rings. The first-order valence-electron chi connectivity index (χ1n) is 5.76. The van der Waals surface area contributed by atoms with E-state index in [2.05, 4.69) is 5.32 Å². The van der Waals surface area contributed by atoms with Crippen LogP contribution in [-0.4, -0.2) is 18.5 Å². The molecule has 94 valence electrons. The number of hydrogen-bond donors (Lipinski definition) is 2. The molecule has 3 nitrogen and oxygen atoms in total. The SMILES string of the molecule is CC(Cc1ccc(F)cc1)NCC(C)C(N)=O. The Hall–Kier alpha value is -1.42. The number of carbonyl (C=O) groups is 1. The van der Waals surface area contributed by atoms with E-state index in [1.54, 1.807) is 19.1 Å². The number of hydrogen-bond acceptors (Lipinski definition) is 2. The third-order valence-corrected chi connectivity index (χ3v) is 2.71. The van der Waals surface area contributed by atoms with Crippen LogP contribution in [-0.2, 0) is 11.2 Å². The highest BCUT2D eigenvalue weighted by Gasteiger charge is 2.10. The van der Waals surface area contributed by atoms with E-state index in [1.807, 2.05) is 6.92 Å². The summed E-state index contributed by atoms with van der Waals surface area (Å²) in [5, 5.41) is 3.23. The molecule has 0 aliphatic heterocycles. The lowest BCUT2D eigenvalue weighted by atomic mass is 10.1. The molecule has 1 aromatic rings. The van der Waals surface area contributed by atoms with Crippen LogP contribution >= 0.6 is 0 Å². The molecule has 0 spiro atoms. The highest BCUT2D eigenvalue weighted by Crippen LogP contribution is 2.06. The minimum Gasteiger partial charge on any atom is -0.369 e. The molecule has 0 saturated carbocycles. The zero-order valence-corrected chi connectivity index (χ0v) is 10.2. The number of nitrogens with two attached hydrogens (primary N) is 1. The number of rotatable bonds is 6. The summed E-state index contributed by atoms with van der Waals surface area (Å²) in [6.45, 7) is 4.38. The zero-order valence-electron chi connectivity index (χ0n) is 10.2. The number of benzene rings is 1. The van der Waals surface area contributed by atoms with E-state index in [4.69, 9.17) is 5.73 Å². The van der Waals surface area contributed by atoms with Gasteiger partial charge in [0.2, 0.25) is 5.91 Å². The van der Waals surface area contributed by atoms with Crippen molar-refractivity contribution in [2.45, 2.75) is 26.3 Å². The van der Waals surface area contributed by atoms with E-state index < -0.39 is 0 Å². The van der Waals surface area contributed by atoms with E-state index in [0.717, 1.165) is 12.0 Å². The molecule has 17 heavy (non-hydrogen) atoms. The average molecular weight is 238 g/mol. The summed E-state index contributed by atoms with van der Waals surface area (Å²) in [5.74, 6) is -0.700. The third kappa shape index (κ3) is 4.95. The summed E-state index contributed by atoms with van der Waals surface area (Å²) in [7, 11) is 0. The maximum absolute atomic E-state index is 12.7. The van der Waals surface area contributed by atoms with E-state index in [9.17, 15) is 9.18 Å². The summed E-state index contributed by atoms with van der Waals surface area (Å²) in [6.07, 6.45) is 0.797. The summed E-state index contributed by atoms with van der Waals surface area (Å²) < 4.78 is 12.7. The van der Waals surface area contributed by atoms with Crippen LogP contribution in [0.25, 0.3) is 0 Å². The van der Waals surface area contributed by atoms with Gasteiger partial charge in [0, 0.05) is 18.5 Å². The molecule has 4 heteroatoms. The van der Waals surface area contributed by atoms with Crippen LogP contribution in [0.5, 0.6) is 0 Å². The summed E-state index contributed by atoms with van der Waals surface area (Å²) in [4.78, 5) is 10.8. The van der Waals surface area contributed by atoms with Gasteiger partial charge in [0.25, 0.3) is 0 Å². The number of carbonyl (C=O) groups excluding carboxylic acids is 1. The Balaban J connectivity index is 2.36. The maximum Gasteiger partial charge on any atom is 0.221 e. The van der Waals surface area contributed by atoms with Gasteiger partial charge in [-0.1, -0.05) is 19.1 Å². The standard InChI is InChI=1S/C13H19FN2O/c1-9(13(15)17)8-16-10(2)7-11-3-5-12(14)6-4-11/h3-6,9-10,16H,7-8H2,1-2H3,(H2,15,17). The molecule has 3 N–H and O–H groups in total. The molecular weight excluding hydrogens is 219 g/mol. The second kappa shape index (κ2) is 6.35. The van der Waals surface area contributed by atoms with E-state index in [0.29, 0.717) is 6.54 Å². The van der Waals surface area contributed by atoms with E-state index in [-0.39, 0.29) is 23.7 Å². The lowest BCUT2D eigenvalue weighted by molar-refractivity contribution is -0.121. The molecule has 0 fully saturated rings. The van der Waals surface area contributed by atoms with Crippen LogP contribution in [0.1, 0.15) is 19.4 Å². The van der Waals surface area contributed by atoms with Crippen LogP contribution in [0, 0.1) is 11.7 Å². The van der Waals surface area contributed by atoms with Gasteiger partial charge in [0.15, 0.2) is 0 Å². The van der Waals surface area contributed by atoms with Gasteiger partial charge in [-0.3, -0.25) is 4.79 Å². The van der Waals surface area contributed by atoms with Gasteiger partial charge in [-0.05, 0) is 31.0 Å². The van der Waals surface area contributed by atoms with Gasteiger partial charge in [-0.25, -0.2) is 4.39 Å². The number of primary amides is 1. The molecule has 1 amide bonds. The van der Waals surface area contributed by atoms with Crippen LogP contribution in [0.2, 0.25) is 0 Å². The first kappa shape index (κ1) is 13.6. The second-order valence-corrected chi connectivity index (χ2v) is 4.44. The number of amides is 1. The van der Waals surface area contributed by atoms with Gasteiger partial charge in [0.05, 0.1) is 0 Å². The lowest BCUT2D eigenvalue weighted by Crippen LogP contribution is -2.36. The Labute approximate surface area is 101 Å². The van der Waals surface area contributed by atoms with E-state index in [1.165, 1.54) is 12.1 Å². The van der Waals surface area contributed by atoms with Crippen molar-refractivity contribution in [1.29, 1.82) is 0 Å². The van der Waals surface area contributed by atoms with Gasteiger partial charge >= 0.3 is 0 Å². The minimum atomic E-state index is -0.300. The largest absolute Gasteiger partial charge is 0.369 e. The monoisotopic (exact) mass is 238 g/mol. The molecule has 2 atom stereocenters. The fraction of sp³-hybridized carbons (Fsp3) is 0.462. The third-order valence-electron chi connectivity index (χ3n) is 2.71. The Morgan fingerprint density at radius 2 is 1.94 bits per heavy atom. The Bertz CT molecular complexity index is 364. The van der Waals surface area contributed by atoms with Crippen molar-refractivity contribution < 1.29 is 9.18 Å². The van der Waals surface area contributed by atoms with Crippen molar-refractivity contribution in [1.82, 2.24) is 5.32 Å². The van der Waals surface area contributed by atoms with Crippen molar-refractivity contribution in [3.63, 3.8) is 0 Å². The van der Waals surface area contributed by atoms with E-state index >= 15 is 0 Å². The smallest absolute Gasteiger partial charge is 0.221 e. The molecule has 2 unspecified atom stereocenters. The molecule has 0 aromatic heterocycles. The molecule has 0 radical (unpaired) electrons. The highest BCUT2D eigenvalue weighted by molar-refractivity contribution is 5.76. The van der Waals surface area contributed by atoms with Crippen LogP contribution in [0.3, 0.4) is 0 Å². The zero-order chi connectivity index (χ0) is 12.8. The van der Waals surface area contributed by atoms with Gasteiger partial charge in [-0.15, -0.1) is 0 Å². The highest BCUT2D eigenvalue weighted by atomic mass is 19.1. The molecule has 0 bridgehead atoms. The topological polar surface area (TPSA) is 55.1 Å². The fourth-order valence-corrected chi connectivity index (χ4v) is 1.52. The van der Waals surface area contributed by atoms with Gasteiger partial charge in [-0.2, -0.15) is 0 Å². The van der Waals surface area contributed by atoms with Crippen molar-refractivity contribution >= 4 is 5.91 Å². The van der Waals surface area contributed by atoms with Crippen molar-refractivity contribution in [2.24, 2.45) is 11.7 Å². The normalized spacial score (nSPS) is 14.3. The summed E-state index contributed by atoms with van der Waals surface area (Å²) >= 11 is 0. The minimum absolute atomic E-state index is 0.175. The molecule has 0 aliphatic carbocycles. The van der Waals surface area contributed by atoms with Crippen molar-refractivity contribution in [3.8, 4) is 0 Å². The van der Waals surface area contributed by atoms with Crippen molar-refractivity contribution in [3.05, 3.63) is 35.6 Å². The van der Waals surface area contributed by atoms with Crippen molar-refractivity contribution in [2.75, 3.05) is 6.54 Å². The average Bonchev–Trinajstić information content (AvgIpc) is 2.29. The predicted molar refractivity (Wildman–Crippen MR) is 65.9 cm³/mol. The number of nitrogens with one attached hydrogen (secondary N) is 1. The van der Waals surface area contributed by atoms with Crippen LogP contribution in [0.4, 0.5) is 4.39 Å². The first-order chi connectivity index (χ1) is 7.99. The Morgan fingerprint density at radius 3 is 2.47 bits per heavy atom. The Morgan fingerprint density at radius 1 is 1.35 bits per heavy atom. The van der Waals surface area contributed by atoms with Crippen LogP contribution < -0.4 is 11.1 Å². The quantitative estimate of drug-likeness (QED) is 0.788.